The molecule has 3 aromatic rings. The molecule has 0 aliphatic carbocycles. The van der Waals surface area contributed by atoms with Gasteiger partial charge in [-0.3, -0.25) is 4.79 Å². The number of benzene rings is 2. The van der Waals surface area contributed by atoms with E-state index >= 15 is 0 Å². The first-order valence-corrected chi connectivity index (χ1v) is 11.1. The second kappa shape index (κ2) is 7.19. The smallest absolute Gasteiger partial charge is 0.261 e. The number of amides is 1. The van der Waals surface area contributed by atoms with Gasteiger partial charge in [0.15, 0.2) is 0 Å². The number of para-hydroxylation sites is 2. The van der Waals surface area contributed by atoms with Crippen LogP contribution in [0.25, 0.3) is 0 Å². The summed E-state index contributed by atoms with van der Waals surface area (Å²) in [5, 5.41) is 6.43. The average molecular weight is 424 g/mol. The summed E-state index contributed by atoms with van der Waals surface area (Å²) in [7, 11) is 0. The van der Waals surface area contributed by atoms with Crippen molar-refractivity contribution in [3.05, 3.63) is 84.6 Å². The van der Waals surface area contributed by atoms with Gasteiger partial charge >= 0.3 is 0 Å². The van der Waals surface area contributed by atoms with E-state index in [1.807, 2.05) is 61.7 Å². The zero-order valence-electron chi connectivity index (χ0n) is 18.1. The monoisotopic (exact) mass is 423 g/mol. The van der Waals surface area contributed by atoms with Crippen LogP contribution < -0.4 is 14.8 Å². The SMILES string of the molecule is CC1=NN(c2ccccc2)C(=O)[C@@]12Cc1ccccc1N1CCN(c3ccccn3)C[C@H]12. The Morgan fingerprint density at radius 1 is 0.938 bits per heavy atom. The highest BCUT2D eigenvalue weighted by Gasteiger charge is 2.59. The molecule has 0 N–H and O–H groups in total. The van der Waals surface area contributed by atoms with Crippen LogP contribution in [-0.2, 0) is 11.2 Å². The predicted octanol–water partition coefficient (Wildman–Crippen LogP) is 3.74. The van der Waals surface area contributed by atoms with Crippen molar-refractivity contribution in [1.82, 2.24) is 4.98 Å². The summed E-state index contributed by atoms with van der Waals surface area (Å²) in [6, 6.07) is 24.2. The maximum absolute atomic E-state index is 14.2. The van der Waals surface area contributed by atoms with Gasteiger partial charge in [-0.15, -0.1) is 0 Å². The number of anilines is 3. The topological polar surface area (TPSA) is 52.0 Å². The zero-order chi connectivity index (χ0) is 21.7. The molecule has 3 aliphatic heterocycles. The second-order valence-electron chi connectivity index (χ2n) is 8.76. The summed E-state index contributed by atoms with van der Waals surface area (Å²) in [4.78, 5) is 23.5. The van der Waals surface area contributed by atoms with Crippen LogP contribution in [0.4, 0.5) is 17.2 Å². The van der Waals surface area contributed by atoms with Crippen molar-refractivity contribution in [3.8, 4) is 0 Å². The lowest BCUT2D eigenvalue weighted by molar-refractivity contribution is -0.125. The summed E-state index contributed by atoms with van der Waals surface area (Å²) in [6.45, 7) is 4.45. The molecule has 1 fully saturated rings. The van der Waals surface area contributed by atoms with Crippen LogP contribution in [0.15, 0.2) is 84.1 Å². The van der Waals surface area contributed by atoms with Gasteiger partial charge in [-0.1, -0.05) is 42.5 Å². The van der Waals surface area contributed by atoms with Crippen LogP contribution >= 0.6 is 0 Å². The Bertz CT molecular complexity index is 1200. The molecule has 32 heavy (non-hydrogen) atoms. The fraction of sp³-hybridized carbons (Fsp3) is 0.269. The molecule has 6 nitrogen and oxygen atoms in total. The summed E-state index contributed by atoms with van der Waals surface area (Å²) >= 11 is 0. The molecule has 160 valence electrons. The Hall–Kier alpha value is -3.67. The molecule has 2 aromatic carbocycles. The van der Waals surface area contributed by atoms with Gasteiger partial charge < -0.3 is 9.80 Å². The van der Waals surface area contributed by atoms with Gasteiger partial charge in [-0.05, 0) is 49.2 Å². The van der Waals surface area contributed by atoms with Crippen molar-refractivity contribution in [1.29, 1.82) is 0 Å². The summed E-state index contributed by atoms with van der Waals surface area (Å²) in [6.07, 6.45) is 2.50. The molecular formula is C26H25N5O. The maximum Gasteiger partial charge on any atom is 0.261 e. The number of rotatable bonds is 2. The number of nitrogens with zero attached hydrogens (tertiary/aromatic N) is 5. The van der Waals surface area contributed by atoms with E-state index in [1.54, 1.807) is 5.01 Å². The molecule has 2 atom stereocenters. The minimum absolute atomic E-state index is 0.0156. The van der Waals surface area contributed by atoms with Gasteiger partial charge in [0.1, 0.15) is 11.2 Å². The van der Waals surface area contributed by atoms with Gasteiger partial charge in [0.05, 0.1) is 17.4 Å². The first kappa shape index (κ1) is 19.0. The number of hydrogen-bond donors (Lipinski definition) is 0. The average Bonchev–Trinajstić information content (AvgIpc) is 3.10. The normalized spacial score (nSPS) is 24.4. The first-order chi connectivity index (χ1) is 15.7. The number of carbonyl (C=O) groups excluding carboxylic acids is 1. The number of hydrazone groups is 1. The maximum atomic E-state index is 14.2. The highest BCUT2D eigenvalue weighted by molar-refractivity contribution is 6.20. The van der Waals surface area contributed by atoms with Crippen LogP contribution in [0.2, 0.25) is 0 Å². The second-order valence-corrected chi connectivity index (χ2v) is 8.76. The Labute approximate surface area is 187 Å². The van der Waals surface area contributed by atoms with Crippen molar-refractivity contribution < 1.29 is 4.79 Å². The fourth-order valence-corrected chi connectivity index (χ4v) is 5.56. The number of hydrogen-bond acceptors (Lipinski definition) is 5. The van der Waals surface area contributed by atoms with E-state index in [-0.39, 0.29) is 11.9 Å². The highest BCUT2D eigenvalue weighted by atomic mass is 16.2. The standard InChI is InChI=1S/C26H25N5O/c1-19-26(25(32)31(28-19)21-10-3-2-4-11-21)17-20-9-5-6-12-22(20)30-16-15-29(18-23(26)30)24-13-7-8-14-27-24/h2-14,23H,15-18H2,1H3/t23-,26-/m0/s1. The molecule has 6 rings (SSSR count). The molecule has 6 heteroatoms. The van der Waals surface area contributed by atoms with Gasteiger partial charge in [0, 0.05) is 31.5 Å². The largest absolute Gasteiger partial charge is 0.363 e. The third-order valence-electron chi connectivity index (χ3n) is 7.16. The molecule has 1 aromatic heterocycles. The molecule has 0 radical (unpaired) electrons. The Morgan fingerprint density at radius 3 is 2.53 bits per heavy atom. The molecule has 1 saturated heterocycles. The molecule has 4 heterocycles. The van der Waals surface area contributed by atoms with E-state index in [9.17, 15) is 4.79 Å². The molecule has 0 bridgehead atoms. The minimum atomic E-state index is -0.697. The van der Waals surface area contributed by atoms with Gasteiger partial charge in [0.25, 0.3) is 5.91 Å². The number of piperazine rings is 1. The number of carbonyl (C=O) groups is 1. The van der Waals surface area contributed by atoms with Crippen LogP contribution in [0.5, 0.6) is 0 Å². The van der Waals surface area contributed by atoms with Crippen LogP contribution in [0.1, 0.15) is 12.5 Å². The van der Waals surface area contributed by atoms with E-state index < -0.39 is 5.41 Å². The molecule has 0 saturated carbocycles. The zero-order valence-corrected chi connectivity index (χ0v) is 18.1. The van der Waals surface area contributed by atoms with Gasteiger partial charge in [0.2, 0.25) is 0 Å². The molecule has 1 amide bonds. The first-order valence-electron chi connectivity index (χ1n) is 11.1. The number of aromatic nitrogens is 1. The minimum Gasteiger partial charge on any atom is -0.363 e. The lowest BCUT2D eigenvalue weighted by Gasteiger charge is -2.53. The Balaban J connectivity index is 1.46. The van der Waals surface area contributed by atoms with Crippen molar-refractivity contribution >= 4 is 28.8 Å². The fourth-order valence-electron chi connectivity index (χ4n) is 5.56. The lowest BCUT2D eigenvalue weighted by Crippen LogP contribution is -2.67. The van der Waals surface area contributed by atoms with Crippen LogP contribution in [0, 0.1) is 5.41 Å². The van der Waals surface area contributed by atoms with Crippen molar-refractivity contribution in [2.75, 3.05) is 34.4 Å². The van der Waals surface area contributed by atoms with E-state index in [0.717, 1.165) is 36.9 Å². The van der Waals surface area contributed by atoms with E-state index in [2.05, 4.69) is 39.0 Å². The van der Waals surface area contributed by atoms with Crippen LogP contribution in [-0.4, -0.2) is 42.3 Å². The Morgan fingerprint density at radius 2 is 1.72 bits per heavy atom. The third kappa shape index (κ3) is 2.68. The summed E-state index contributed by atoms with van der Waals surface area (Å²) in [5.74, 6) is 1.02. The van der Waals surface area contributed by atoms with Crippen molar-refractivity contribution in [2.45, 2.75) is 19.4 Å². The quantitative estimate of drug-likeness (QED) is 0.630. The van der Waals surface area contributed by atoms with Crippen molar-refractivity contribution in [2.24, 2.45) is 10.5 Å². The van der Waals surface area contributed by atoms with E-state index in [1.165, 1.54) is 11.3 Å². The van der Waals surface area contributed by atoms with Gasteiger partial charge in [-0.25, -0.2) is 4.98 Å². The molecule has 0 unspecified atom stereocenters. The highest BCUT2D eigenvalue weighted by Crippen LogP contribution is 2.48. The van der Waals surface area contributed by atoms with E-state index in [4.69, 9.17) is 5.10 Å². The Kier molecular flexibility index (Phi) is 4.28. The molecular weight excluding hydrogens is 398 g/mol. The predicted molar refractivity (Wildman–Crippen MR) is 127 cm³/mol. The molecule has 3 aliphatic rings. The van der Waals surface area contributed by atoms with E-state index in [0.29, 0.717) is 6.42 Å². The molecule has 1 spiro atoms. The number of fused-ring (bicyclic) bond motifs is 4. The summed E-state index contributed by atoms with van der Waals surface area (Å²) in [5.41, 5.74) is 3.46. The number of pyridine rings is 1. The van der Waals surface area contributed by atoms with Crippen molar-refractivity contribution in [3.63, 3.8) is 0 Å². The third-order valence-corrected chi connectivity index (χ3v) is 7.16. The van der Waals surface area contributed by atoms with Crippen LogP contribution in [0.3, 0.4) is 0 Å². The summed E-state index contributed by atoms with van der Waals surface area (Å²) < 4.78 is 0. The van der Waals surface area contributed by atoms with Gasteiger partial charge in [-0.2, -0.15) is 10.1 Å². The lowest BCUT2D eigenvalue weighted by atomic mass is 9.67.